The lowest BCUT2D eigenvalue weighted by Crippen LogP contribution is -2.14. The van der Waals surface area contributed by atoms with Crippen LogP contribution in [0.5, 0.6) is 0 Å². The lowest BCUT2D eigenvalue weighted by Gasteiger charge is -2.08. The van der Waals surface area contributed by atoms with Gasteiger partial charge in [0.05, 0.1) is 6.42 Å². The van der Waals surface area contributed by atoms with Crippen LogP contribution in [0.25, 0.3) is 22.3 Å². The Morgan fingerprint density at radius 2 is 2.07 bits per heavy atom. The average molecular weight is 389 g/mol. The summed E-state index contributed by atoms with van der Waals surface area (Å²) in [7, 11) is 4.15. The van der Waals surface area contributed by atoms with Gasteiger partial charge in [0.2, 0.25) is 17.6 Å². The van der Waals surface area contributed by atoms with E-state index in [1.165, 1.54) is 10.9 Å². The van der Waals surface area contributed by atoms with E-state index < -0.39 is 5.91 Å². The van der Waals surface area contributed by atoms with E-state index in [-0.39, 0.29) is 0 Å². The van der Waals surface area contributed by atoms with Gasteiger partial charge in [0.25, 0.3) is 0 Å². The third kappa shape index (κ3) is 4.20. The maximum absolute atomic E-state index is 11.4. The van der Waals surface area contributed by atoms with Crippen LogP contribution < -0.4 is 5.73 Å². The van der Waals surface area contributed by atoms with E-state index in [0.29, 0.717) is 29.3 Å². The predicted octanol–water partition coefficient (Wildman–Crippen LogP) is 3.01. The Labute approximate surface area is 168 Å². The number of carbonyl (C=O) groups is 1. The van der Waals surface area contributed by atoms with Crippen LogP contribution in [-0.4, -0.2) is 46.6 Å². The van der Waals surface area contributed by atoms with Crippen molar-refractivity contribution in [1.29, 1.82) is 0 Å². The van der Waals surface area contributed by atoms with Gasteiger partial charge in [-0.05, 0) is 55.9 Å². The van der Waals surface area contributed by atoms with Gasteiger partial charge in [-0.25, -0.2) is 0 Å². The summed E-state index contributed by atoms with van der Waals surface area (Å²) in [4.78, 5) is 21.4. The number of amides is 1. The molecule has 0 radical (unpaired) electrons. The highest BCUT2D eigenvalue weighted by molar-refractivity contribution is 5.93. The Morgan fingerprint density at radius 3 is 2.86 bits per heavy atom. The maximum Gasteiger partial charge on any atom is 0.248 e. The summed E-state index contributed by atoms with van der Waals surface area (Å²) in [5.41, 5.74) is 9.98. The maximum atomic E-state index is 11.4. The zero-order valence-corrected chi connectivity index (χ0v) is 16.5. The van der Waals surface area contributed by atoms with Crippen LogP contribution in [0.15, 0.2) is 53.2 Å². The first-order valence-corrected chi connectivity index (χ1v) is 9.46. The molecule has 0 aliphatic rings. The molecule has 4 aromatic rings. The first-order valence-electron chi connectivity index (χ1n) is 9.46. The molecule has 0 spiro atoms. The second kappa shape index (κ2) is 7.89. The molecular formula is C22H23N5O2. The lowest BCUT2D eigenvalue weighted by molar-refractivity contribution is 0.100. The van der Waals surface area contributed by atoms with Crippen LogP contribution in [0.1, 0.15) is 27.4 Å². The normalized spacial score (nSPS) is 11.4. The van der Waals surface area contributed by atoms with Gasteiger partial charge in [-0.3, -0.25) is 4.79 Å². The fourth-order valence-electron chi connectivity index (χ4n) is 3.32. The molecule has 0 fully saturated rings. The molecule has 0 bridgehead atoms. The van der Waals surface area contributed by atoms with E-state index in [2.05, 4.69) is 58.5 Å². The second-order valence-electron chi connectivity index (χ2n) is 7.38. The topological polar surface area (TPSA) is 101 Å². The lowest BCUT2D eigenvalue weighted by atomic mass is 10.1. The van der Waals surface area contributed by atoms with Crippen molar-refractivity contribution in [3.63, 3.8) is 0 Å². The Balaban J connectivity index is 1.55. The number of aromatic amines is 1. The van der Waals surface area contributed by atoms with Crippen LogP contribution in [0.3, 0.4) is 0 Å². The van der Waals surface area contributed by atoms with Crippen molar-refractivity contribution in [2.75, 3.05) is 20.6 Å². The van der Waals surface area contributed by atoms with Gasteiger partial charge in [-0.15, -0.1) is 0 Å². The Hall–Kier alpha value is -3.45. The van der Waals surface area contributed by atoms with Crippen LogP contribution in [-0.2, 0) is 12.8 Å². The number of benzene rings is 2. The van der Waals surface area contributed by atoms with E-state index in [0.717, 1.165) is 24.0 Å². The molecule has 0 saturated carbocycles. The first kappa shape index (κ1) is 18.9. The van der Waals surface area contributed by atoms with Gasteiger partial charge in [-0.1, -0.05) is 23.4 Å². The zero-order chi connectivity index (χ0) is 20.4. The highest BCUT2D eigenvalue weighted by Gasteiger charge is 2.12. The Bertz CT molecular complexity index is 1160. The van der Waals surface area contributed by atoms with E-state index in [9.17, 15) is 4.79 Å². The first-order chi connectivity index (χ1) is 14.0. The number of fused-ring (bicyclic) bond motifs is 1. The minimum Gasteiger partial charge on any atom is -0.366 e. The fraction of sp³-hybridized carbons (Fsp3) is 0.227. The molecule has 1 amide bonds. The number of H-pyrrole nitrogens is 1. The van der Waals surface area contributed by atoms with E-state index in [4.69, 9.17) is 10.3 Å². The average Bonchev–Trinajstić information content (AvgIpc) is 3.33. The number of hydrogen-bond acceptors (Lipinski definition) is 5. The molecule has 3 N–H and O–H groups in total. The molecule has 29 heavy (non-hydrogen) atoms. The van der Waals surface area contributed by atoms with Crippen molar-refractivity contribution in [3.8, 4) is 11.4 Å². The summed E-state index contributed by atoms with van der Waals surface area (Å²) in [6.07, 6.45) is 3.60. The monoisotopic (exact) mass is 389 g/mol. The van der Waals surface area contributed by atoms with Crippen molar-refractivity contribution in [3.05, 3.63) is 71.2 Å². The van der Waals surface area contributed by atoms with Crippen LogP contribution in [0.2, 0.25) is 0 Å². The quantitative estimate of drug-likeness (QED) is 0.506. The van der Waals surface area contributed by atoms with Gasteiger partial charge in [-0.2, -0.15) is 4.98 Å². The Kier molecular flexibility index (Phi) is 5.14. The number of rotatable bonds is 7. The third-order valence-corrected chi connectivity index (χ3v) is 4.89. The molecule has 0 aliphatic heterocycles. The van der Waals surface area contributed by atoms with Gasteiger partial charge < -0.3 is 20.1 Å². The van der Waals surface area contributed by atoms with Gasteiger partial charge >= 0.3 is 0 Å². The van der Waals surface area contributed by atoms with E-state index >= 15 is 0 Å². The van der Waals surface area contributed by atoms with Gasteiger partial charge in [0.1, 0.15) is 0 Å². The Morgan fingerprint density at radius 1 is 1.21 bits per heavy atom. The fourth-order valence-corrected chi connectivity index (χ4v) is 3.32. The molecule has 0 atom stereocenters. The standard InChI is InChI=1S/C22H23N5O2/c1-27(2)9-8-17-13-24-19-7-6-14(10-18(17)19)11-20-25-22(26-29-20)16-5-3-4-15(12-16)21(23)28/h3-7,10,12-13,24H,8-9,11H2,1-2H3,(H2,23,28). The van der Waals surface area contributed by atoms with Crippen molar-refractivity contribution < 1.29 is 9.32 Å². The van der Waals surface area contributed by atoms with Crippen molar-refractivity contribution in [2.45, 2.75) is 12.8 Å². The van der Waals surface area contributed by atoms with Gasteiger partial charge in [0.15, 0.2) is 0 Å². The van der Waals surface area contributed by atoms with Crippen molar-refractivity contribution >= 4 is 16.8 Å². The summed E-state index contributed by atoms with van der Waals surface area (Å²) in [5.74, 6) is 0.479. The number of primary amides is 1. The third-order valence-electron chi connectivity index (χ3n) is 4.89. The van der Waals surface area contributed by atoms with E-state index in [1.807, 2.05) is 6.07 Å². The smallest absolute Gasteiger partial charge is 0.248 e. The minimum absolute atomic E-state index is 0.414. The number of carbonyl (C=O) groups excluding carboxylic acids is 1. The summed E-state index contributed by atoms with van der Waals surface area (Å²) < 4.78 is 5.43. The van der Waals surface area contributed by atoms with E-state index in [1.54, 1.807) is 18.2 Å². The SMILES string of the molecule is CN(C)CCc1c[nH]c2ccc(Cc3nc(-c4cccc(C(N)=O)c4)no3)cc12. The zero-order valence-electron chi connectivity index (χ0n) is 16.5. The number of nitrogens with one attached hydrogen (secondary N) is 1. The summed E-state index contributed by atoms with van der Waals surface area (Å²) in [6.45, 7) is 0.995. The molecule has 2 heterocycles. The molecular weight excluding hydrogens is 366 g/mol. The number of hydrogen-bond donors (Lipinski definition) is 2. The van der Waals surface area contributed by atoms with Crippen LogP contribution in [0, 0.1) is 0 Å². The highest BCUT2D eigenvalue weighted by atomic mass is 16.5. The summed E-state index contributed by atoms with van der Waals surface area (Å²) >= 11 is 0. The predicted molar refractivity (Wildman–Crippen MR) is 112 cm³/mol. The molecule has 0 unspecified atom stereocenters. The minimum atomic E-state index is -0.486. The van der Waals surface area contributed by atoms with Crippen LogP contribution in [0.4, 0.5) is 0 Å². The second-order valence-corrected chi connectivity index (χ2v) is 7.38. The molecule has 7 heteroatoms. The molecule has 4 rings (SSSR count). The number of likely N-dealkylation sites (N-methyl/N-ethyl adjacent to an activating group) is 1. The van der Waals surface area contributed by atoms with Crippen LogP contribution >= 0.6 is 0 Å². The number of nitrogens with two attached hydrogens (primary N) is 1. The molecule has 2 aromatic heterocycles. The molecule has 0 aliphatic carbocycles. The molecule has 0 saturated heterocycles. The van der Waals surface area contributed by atoms with Gasteiger partial charge in [0, 0.05) is 34.8 Å². The summed E-state index contributed by atoms with van der Waals surface area (Å²) in [5, 5.41) is 5.27. The molecule has 7 nitrogen and oxygen atoms in total. The van der Waals surface area contributed by atoms with Crippen molar-refractivity contribution in [2.24, 2.45) is 5.73 Å². The molecule has 2 aromatic carbocycles. The summed E-state index contributed by atoms with van der Waals surface area (Å²) in [6, 6.07) is 13.2. The number of aromatic nitrogens is 3. The highest BCUT2D eigenvalue weighted by Crippen LogP contribution is 2.23. The largest absolute Gasteiger partial charge is 0.366 e. The number of nitrogens with zero attached hydrogens (tertiary/aromatic N) is 3. The van der Waals surface area contributed by atoms with Crippen molar-refractivity contribution in [1.82, 2.24) is 20.0 Å². The molecule has 148 valence electrons.